The first kappa shape index (κ1) is 8.13. The van der Waals surface area contributed by atoms with Gasteiger partial charge in [-0.15, -0.1) is 11.8 Å². The van der Waals surface area contributed by atoms with Gasteiger partial charge in [-0.2, -0.15) is 0 Å². The van der Waals surface area contributed by atoms with Crippen LogP contribution in [0.3, 0.4) is 0 Å². The van der Waals surface area contributed by atoms with E-state index in [4.69, 9.17) is 0 Å². The molecule has 68 valence electrons. The maximum absolute atomic E-state index is 2.29. The van der Waals surface area contributed by atoms with Crippen LogP contribution in [0.1, 0.15) is 5.56 Å². The van der Waals surface area contributed by atoms with Crippen molar-refractivity contribution in [2.45, 2.75) is 4.90 Å². The average molecular weight is 198 g/mol. The van der Waals surface area contributed by atoms with Crippen LogP contribution in [0.15, 0.2) is 47.4 Å². The number of benzene rings is 2. The van der Waals surface area contributed by atoms with Crippen LogP contribution < -0.4 is 0 Å². The molecular weight excluding hydrogens is 188 g/mol. The highest BCUT2D eigenvalue weighted by molar-refractivity contribution is 7.99. The minimum absolute atomic E-state index is 1.10. The Morgan fingerprint density at radius 2 is 1.79 bits per heavy atom. The number of rotatable bonds is 0. The Labute approximate surface area is 87.6 Å². The van der Waals surface area contributed by atoms with Crippen molar-refractivity contribution >= 4 is 28.6 Å². The van der Waals surface area contributed by atoms with E-state index >= 15 is 0 Å². The Balaban J connectivity index is 2.34. The third kappa shape index (κ3) is 1.25. The molecule has 14 heavy (non-hydrogen) atoms. The Hall–Kier alpha value is -1.21. The number of thioether (sulfide) groups is 1. The predicted octanol–water partition coefficient (Wildman–Crippen LogP) is 3.96. The van der Waals surface area contributed by atoms with E-state index in [-0.39, 0.29) is 0 Å². The molecule has 2 aromatic rings. The number of hydrogen-bond acceptors (Lipinski definition) is 1. The highest BCUT2D eigenvalue weighted by Gasteiger charge is 2.05. The van der Waals surface area contributed by atoms with Crippen molar-refractivity contribution in [3.63, 3.8) is 0 Å². The van der Waals surface area contributed by atoms with E-state index < -0.39 is 0 Å². The van der Waals surface area contributed by atoms with Crippen LogP contribution >= 0.6 is 11.8 Å². The Morgan fingerprint density at radius 3 is 2.64 bits per heavy atom. The first-order chi connectivity index (χ1) is 6.93. The van der Waals surface area contributed by atoms with Gasteiger partial charge in [0.2, 0.25) is 0 Å². The van der Waals surface area contributed by atoms with Crippen molar-refractivity contribution in [3.05, 3.63) is 48.0 Å². The summed E-state index contributed by atoms with van der Waals surface area (Å²) in [5, 5.41) is 2.67. The monoisotopic (exact) mass is 198 g/mol. The minimum Gasteiger partial charge on any atom is -0.121 e. The molecule has 1 aliphatic heterocycles. The Morgan fingerprint density at radius 1 is 1.00 bits per heavy atom. The zero-order chi connectivity index (χ0) is 9.38. The van der Waals surface area contributed by atoms with E-state index in [1.54, 1.807) is 0 Å². The van der Waals surface area contributed by atoms with E-state index in [2.05, 4.69) is 48.6 Å². The summed E-state index contributed by atoms with van der Waals surface area (Å²) in [4.78, 5) is 1.41. The molecule has 3 rings (SSSR count). The van der Waals surface area contributed by atoms with Crippen LogP contribution in [-0.2, 0) is 0 Å². The summed E-state index contributed by atoms with van der Waals surface area (Å²) in [6.45, 7) is 0. The van der Waals surface area contributed by atoms with E-state index in [0.29, 0.717) is 0 Å². The molecule has 0 bridgehead atoms. The lowest BCUT2D eigenvalue weighted by atomic mass is 10.1. The molecule has 0 nitrogen and oxygen atoms in total. The molecule has 0 spiro atoms. The largest absolute Gasteiger partial charge is 0.121 e. The number of hydrogen-bond donors (Lipinski definition) is 0. The fourth-order valence-corrected chi connectivity index (χ4v) is 2.68. The van der Waals surface area contributed by atoms with Crippen molar-refractivity contribution in [1.29, 1.82) is 0 Å². The van der Waals surface area contributed by atoms with Gasteiger partial charge in [-0.05, 0) is 28.5 Å². The topological polar surface area (TPSA) is 0 Å². The maximum Gasteiger partial charge on any atom is 0.0164 e. The van der Waals surface area contributed by atoms with Crippen molar-refractivity contribution in [2.75, 3.05) is 5.75 Å². The Bertz CT molecular complexity index is 512. The molecule has 1 heterocycles. The summed E-state index contributed by atoms with van der Waals surface area (Å²) in [7, 11) is 0. The minimum atomic E-state index is 1.10. The molecule has 0 aromatic heterocycles. The smallest absolute Gasteiger partial charge is 0.0164 e. The molecule has 0 amide bonds. The zero-order valence-electron chi connectivity index (χ0n) is 7.73. The third-order valence-electron chi connectivity index (χ3n) is 2.51. The first-order valence-corrected chi connectivity index (χ1v) is 5.74. The van der Waals surface area contributed by atoms with Gasteiger partial charge in [0.1, 0.15) is 0 Å². The van der Waals surface area contributed by atoms with Gasteiger partial charge in [0.15, 0.2) is 0 Å². The molecule has 0 N–H and O–H groups in total. The molecule has 0 atom stereocenters. The van der Waals surface area contributed by atoms with Crippen LogP contribution in [0, 0.1) is 0 Å². The van der Waals surface area contributed by atoms with Crippen LogP contribution in [0.4, 0.5) is 0 Å². The second-order valence-corrected chi connectivity index (χ2v) is 4.51. The fourth-order valence-electron chi connectivity index (χ4n) is 1.81. The summed E-state index contributed by atoms with van der Waals surface area (Å²) >= 11 is 1.92. The van der Waals surface area contributed by atoms with E-state index in [9.17, 15) is 0 Å². The van der Waals surface area contributed by atoms with Gasteiger partial charge in [-0.3, -0.25) is 0 Å². The molecule has 0 radical (unpaired) electrons. The van der Waals surface area contributed by atoms with E-state index in [0.717, 1.165) is 5.75 Å². The van der Waals surface area contributed by atoms with Gasteiger partial charge in [0.25, 0.3) is 0 Å². The lowest BCUT2D eigenvalue weighted by Crippen LogP contribution is -1.87. The predicted molar refractivity (Wildman–Crippen MR) is 63.7 cm³/mol. The highest BCUT2D eigenvalue weighted by Crippen LogP contribution is 2.31. The van der Waals surface area contributed by atoms with Gasteiger partial charge in [0.05, 0.1) is 0 Å². The second kappa shape index (κ2) is 3.18. The molecule has 0 aliphatic carbocycles. The summed E-state index contributed by atoms with van der Waals surface area (Å²) in [5.41, 5.74) is 1.36. The summed E-state index contributed by atoms with van der Waals surface area (Å²) in [6.07, 6.45) is 4.44. The third-order valence-corrected chi connectivity index (χ3v) is 3.53. The molecule has 0 saturated carbocycles. The van der Waals surface area contributed by atoms with Gasteiger partial charge in [-0.25, -0.2) is 0 Å². The molecule has 1 heteroatoms. The molecule has 0 fully saturated rings. The molecule has 2 aromatic carbocycles. The fraction of sp³-hybridized carbons (Fsp3) is 0.0769. The lowest BCUT2D eigenvalue weighted by molar-refractivity contribution is 1.44. The lowest BCUT2D eigenvalue weighted by Gasteiger charge is -2.10. The van der Waals surface area contributed by atoms with Crippen LogP contribution in [0.2, 0.25) is 0 Å². The molecular formula is C13H10S. The SMILES string of the molecule is C1=Cc2cc3ccccc3cc2SC1. The van der Waals surface area contributed by atoms with Crippen molar-refractivity contribution < 1.29 is 0 Å². The standard InChI is InChI=1S/C13H10S/c1-2-5-11-9-13-12(6-3-7-14-13)8-10(11)4-1/h1-6,8-9H,7H2. The van der Waals surface area contributed by atoms with E-state index in [1.165, 1.54) is 21.2 Å². The number of fused-ring (bicyclic) bond motifs is 2. The van der Waals surface area contributed by atoms with Crippen molar-refractivity contribution in [3.8, 4) is 0 Å². The van der Waals surface area contributed by atoms with Crippen molar-refractivity contribution in [1.82, 2.24) is 0 Å². The normalized spacial score (nSPS) is 14.3. The quantitative estimate of drug-likeness (QED) is 0.617. The van der Waals surface area contributed by atoms with Gasteiger partial charge in [-0.1, -0.05) is 36.4 Å². The summed E-state index contributed by atoms with van der Waals surface area (Å²) in [6, 6.07) is 13.1. The first-order valence-electron chi connectivity index (χ1n) is 4.76. The van der Waals surface area contributed by atoms with Crippen LogP contribution in [-0.4, -0.2) is 5.75 Å². The maximum atomic E-state index is 2.29. The van der Waals surface area contributed by atoms with Gasteiger partial charge in [0, 0.05) is 10.6 Å². The highest BCUT2D eigenvalue weighted by atomic mass is 32.2. The molecule has 1 aliphatic rings. The second-order valence-electron chi connectivity index (χ2n) is 3.45. The van der Waals surface area contributed by atoms with E-state index in [1.807, 2.05) is 11.8 Å². The molecule has 0 saturated heterocycles. The van der Waals surface area contributed by atoms with Gasteiger partial charge < -0.3 is 0 Å². The average Bonchev–Trinajstić information content (AvgIpc) is 2.26. The molecule has 0 unspecified atom stereocenters. The van der Waals surface area contributed by atoms with Crippen LogP contribution in [0.5, 0.6) is 0 Å². The zero-order valence-corrected chi connectivity index (χ0v) is 8.55. The Kier molecular flexibility index (Phi) is 1.84. The summed E-state index contributed by atoms with van der Waals surface area (Å²) < 4.78 is 0. The summed E-state index contributed by atoms with van der Waals surface area (Å²) in [5.74, 6) is 1.10. The van der Waals surface area contributed by atoms with Crippen LogP contribution in [0.25, 0.3) is 16.8 Å². The van der Waals surface area contributed by atoms with Gasteiger partial charge >= 0.3 is 0 Å². The van der Waals surface area contributed by atoms with Crippen molar-refractivity contribution in [2.24, 2.45) is 0 Å².